The van der Waals surface area contributed by atoms with Crippen molar-refractivity contribution in [2.45, 2.75) is 13.8 Å². The molecule has 0 bridgehead atoms. The molecule has 0 unspecified atom stereocenters. The van der Waals surface area contributed by atoms with Gasteiger partial charge in [0.15, 0.2) is 5.13 Å². The van der Waals surface area contributed by atoms with Gasteiger partial charge in [-0.15, -0.1) is 12.4 Å². The number of hydrogen-bond donors (Lipinski definition) is 0. The van der Waals surface area contributed by atoms with E-state index in [0.717, 1.165) is 32.7 Å². The Morgan fingerprint density at radius 1 is 1.03 bits per heavy atom. The molecule has 7 nitrogen and oxygen atoms in total. The Morgan fingerprint density at radius 3 is 2.27 bits per heavy atom. The molecule has 0 saturated heterocycles. The summed E-state index contributed by atoms with van der Waals surface area (Å²) in [6.07, 6.45) is 0. The fourth-order valence-electron chi connectivity index (χ4n) is 3.71. The number of rotatable bonds is 8. The second-order valence-electron chi connectivity index (χ2n) is 7.42. The minimum atomic E-state index is -0.434. The molecule has 0 N–H and O–H groups in total. The third-order valence-electron chi connectivity index (χ3n) is 5.58. The summed E-state index contributed by atoms with van der Waals surface area (Å²) >= 11 is 4.89. The normalized spacial score (nSPS) is 12.9. The Balaban J connectivity index is 0.00000306. The molecule has 2 heterocycles. The van der Waals surface area contributed by atoms with Gasteiger partial charge in [-0.1, -0.05) is 53.2 Å². The van der Waals surface area contributed by atoms with Gasteiger partial charge in [0.05, 0.1) is 21.3 Å². The van der Waals surface area contributed by atoms with Gasteiger partial charge in [0.1, 0.15) is 6.54 Å². The quantitative estimate of drug-likeness (QED) is 0.387. The zero-order valence-corrected chi connectivity index (χ0v) is 21.5. The largest absolute Gasteiger partial charge is 0.302 e. The van der Waals surface area contributed by atoms with E-state index < -0.39 is 11.8 Å². The summed E-state index contributed by atoms with van der Waals surface area (Å²) < 4.78 is 1.89. The van der Waals surface area contributed by atoms with Crippen LogP contribution in [0.3, 0.4) is 0 Å². The summed E-state index contributed by atoms with van der Waals surface area (Å²) in [7, 11) is 0. The van der Waals surface area contributed by atoms with Gasteiger partial charge in [0.25, 0.3) is 11.8 Å². The summed E-state index contributed by atoms with van der Waals surface area (Å²) in [6.45, 7) is 6.65. The predicted octanol–water partition coefficient (Wildman–Crippen LogP) is 4.45. The van der Waals surface area contributed by atoms with E-state index in [1.807, 2.05) is 18.2 Å². The van der Waals surface area contributed by atoms with Crippen LogP contribution in [0.2, 0.25) is 0 Å². The van der Waals surface area contributed by atoms with Crippen LogP contribution in [0.1, 0.15) is 34.6 Å². The van der Waals surface area contributed by atoms with Crippen LogP contribution in [0.25, 0.3) is 10.2 Å². The van der Waals surface area contributed by atoms with E-state index in [2.05, 4.69) is 39.7 Å². The zero-order chi connectivity index (χ0) is 22.8. The summed E-state index contributed by atoms with van der Waals surface area (Å²) in [5.74, 6) is -1.20. The van der Waals surface area contributed by atoms with Crippen molar-refractivity contribution in [3.8, 4) is 0 Å². The fraction of sp³-hybridized carbons (Fsp3) is 0.304. The number of hydrogen-bond acceptors (Lipinski definition) is 6. The van der Waals surface area contributed by atoms with E-state index in [1.54, 1.807) is 29.2 Å². The molecule has 1 aromatic heterocycles. The van der Waals surface area contributed by atoms with E-state index in [-0.39, 0.29) is 24.9 Å². The van der Waals surface area contributed by atoms with Crippen molar-refractivity contribution in [2.24, 2.45) is 0 Å². The van der Waals surface area contributed by atoms with Crippen LogP contribution in [0, 0.1) is 0 Å². The van der Waals surface area contributed by atoms with Crippen molar-refractivity contribution in [1.29, 1.82) is 0 Å². The lowest BCUT2D eigenvalue weighted by molar-refractivity contribution is -0.119. The SMILES string of the molecule is CCN(CC)CCN(C(=O)CN1C(=O)c2ccccc2C1=O)c1nc2ccc(Br)cc2s1.Cl. The monoisotopic (exact) mass is 550 g/mol. The van der Waals surface area contributed by atoms with Gasteiger partial charge in [-0.25, -0.2) is 4.98 Å². The molecule has 3 amide bonds. The molecule has 0 fully saturated rings. The maximum atomic E-state index is 13.4. The van der Waals surface area contributed by atoms with Crippen molar-refractivity contribution in [3.63, 3.8) is 0 Å². The average molecular weight is 552 g/mol. The highest BCUT2D eigenvalue weighted by Crippen LogP contribution is 2.31. The number of nitrogens with zero attached hydrogens (tertiary/aromatic N) is 4. The minimum Gasteiger partial charge on any atom is -0.302 e. The highest BCUT2D eigenvalue weighted by molar-refractivity contribution is 9.10. The van der Waals surface area contributed by atoms with Crippen LogP contribution in [0.15, 0.2) is 46.9 Å². The number of thiazole rings is 1. The summed E-state index contributed by atoms with van der Waals surface area (Å²) in [4.78, 5) is 48.4. The Kier molecular flexibility index (Phi) is 8.23. The van der Waals surface area contributed by atoms with Crippen LogP contribution < -0.4 is 4.90 Å². The van der Waals surface area contributed by atoms with Crippen LogP contribution in [-0.4, -0.2) is 65.2 Å². The van der Waals surface area contributed by atoms with Gasteiger partial charge in [-0.3, -0.25) is 24.2 Å². The first kappa shape index (κ1) is 25.3. The molecule has 3 aromatic rings. The number of benzene rings is 2. The van der Waals surface area contributed by atoms with Gasteiger partial charge < -0.3 is 4.90 Å². The van der Waals surface area contributed by atoms with Crippen LogP contribution in [-0.2, 0) is 4.79 Å². The lowest BCUT2D eigenvalue weighted by atomic mass is 10.1. The Hall–Kier alpha value is -2.33. The molecule has 4 rings (SSSR count). The molecule has 10 heteroatoms. The van der Waals surface area contributed by atoms with Crippen molar-refractivity contribution in [2.75, 3.05) is 37.6 Å². The summed E-state index contributed by atoms with van der Waals surface area (Å²) in [6, 6.07) is 12.4. The second kappa shape index (κ2) is 10.7. The predicted molar refractivity (Wildman–Crippen MR) is 137 cm³/mol. The maximum absolute atomic E-state index is 13.4. The first-order valence-electron chi connectivity index (χ1n) is 10.5. The number of carbonyl (C=O) groups excluding carboxylic acids is 3. The summed E-state index contributed by atoms with van der Waals surface area (Å²) in [5.41, 5.74) is 1.48. The van der Waals surface area contributed by atoms with Gasteiger partial charge in [0, 0.05) is 17.6 Å². The number of fused-ring (bicyclic) bond motifs is 2. The topological polar surface area (TPSA) is 73.8 Å². The molecule has 174 valence electrons. The van der Waals surface area contributed by atoms with Crippen molar-refractivity contribution < 1.29 is 14.4 Å². The van der Waals surface area contributed by atoms with E-state index in [1.165, 1.54) is 11.3 Å². The minimum absolute atomic E-state index is 0. The highest BCUT2D eigenvalue weighted by Gasteiger charge is 2.37. The third kappa shape index (κ3) is 5.11. The smallest absolute Gasteiger partial charge is 0.262 e. The van der Waals surface area contributed by atoms with E-state index in [9.17, 15) is 14.4 Å². The Bertz CT molecular complexity index is 1160. The molecular formula is C23H24BrClN4O3S. The number of imide groups is 1. The zero-order valence-electron chi connectivity index (χ0n) is 18.3. The standard InChI is InChI=1S/C23H23BrN4O3S.ClH/c1-3-26(4-2)11-12-27(23-25-18-10-9-15(24)13-19(18)32-23)20(29)14-28-21(30)16-7-5-6-8-17(16)22(28)31;/h5-10,13H,3-4,11-12,14H2,1-2H3;1H. The molecule has 33 heavy (non-hydrogen) atoms. The number of aromatic nitrogens is 1. The lowest BCUT2D eigenvalue weighted by Crippen LogP contribution is -2.45. The fourth-order valence-corrected chi connectivity index (χ4v) is 5.27. The molecule has 0 aliphatic carbocycles. The van der Waals surface area contributed by atoms with E-state index in [0.29, 0.717) is 29.3 Å². The van der Waals surface area contributed by atoms with Gasteiger partial charge in [-0.05, 0) is 43.4 Å². The number of halogens is 2. The van der Waals surface area contributed by atoms with Crippen LogP contribution in [0.4, 0.5) is 5.13 Å². The molecule has 2 aromatic carbocycles. The van der Waals surface area contributed by atoms with Crippen molar-refractivity contribution in [1.82, 2.24) is 14.8 Å². The van der Waals surface area contributed by atoms with Gasteiger partial charge >= 0.3 is 0 Å². The Labute approximate surface area is 210 Å². The summed E-state index contributed by atoms with van der Waals surface area (Å²) in [5, 5.41) is 0.562. The first-order chi connectivity index (χ1) is 15.4. The van der Waals surface area contributed by atoms with Crippen molar-refractivity contribution >= 4 is 72.7 Å². The highest BCUT2D eigenvalue weighted by atomic mass is 79.9. The number of likely N-dealkylation sites (N-methyl/N-ethyl adjacent to an activating group) is 1. The molecule has 0 spiro atoms. The third-order valence-corrected chi connectivity index (χ3v) is 7.11. The van der Waals surface area contributed by atoms with Crippen molar-refractivity contribution in [3.05, 3.63) is 58.1 Å². The molecule has 1 aliphatic rings. The molecule has 1 aliphatic heterocycles. The molecule has 0 radical (unpaired) electrons. The van der Waals surface area contributed by atoms with Crippen LogP contribution in [0.5, 0.6) is 0 Å². The van der Waals surface area contributed by atoms with E-state index >= 15 is 0 Å². The second-order valence-corrected chi connectivity index (χ2v) is 9.35. The first-order valence-corrected chi connectivity index (χ1v) is 12.1. The lowest BCUT2D eigenvalue weighted by Gasteiger charge is -2.26. The molecule has 0 saturated carbocycles. The molecule has 0 atom stereocenters. The Morgan fingerprint density at radius 2 is 1.67 bits per heavy atom. The van der Waals surface area contributed by atoms with Gasteiger partial charge in [0.2, 0.25) is 5.91 Å². The average Bonchev–Trinajstić information content (AvgIpc) is 3.31. The van der Waals surface area contributed by atoms with Gasteiger partial charge in [-0.2, -0.15) is 0 Å². The van der Waals surface area contributed by atoms with E-state index in [4.69, 9.17) is 0 Å². The molecular weight excluding hydrogens is 528 g/mol. The number of carbonyl (C=O) groups is 3. The maximum Gasteiger partial charge on any atom is 0.262 e. The number of amides is 3. The van der Waals surface area contributed by atoms with Crippen LogP contribution >= 0.6 is 39.7 Å². The number of anilines is 1.